The molecule has 2 aromatic carbocycles. The summed E-state index contributed by atoms with van der Waals surface area (Å²) in [6.07, 6.45) is 0. The third-order valence-corrected chi connectivity index (χ3v) is 4.25. The van der Waals surface area contributed by atoms with Gasteiger partial charge in [0.1, 0.15) is 0 Å². The Labute approximate surface area is 164 Å². The summed E-state index contributed by atoms with van der Waals surface area (Å²) in [6.45, 7) is 6.16. The van der Waals surface area contributed by atoms with Gasteiger partial charge in [0.15, 0.2) is 11.5 Å². The van der Waals surface area contributed by atoms with Crippen molar-refractivity contribution in [1.29, 1.82) is 0 Å². The summed E-state index contributed by atoms with van der Waals surface area (Å²) in [6, 6.07) is 10.9. The van der Waals surface area contributed by atoms with Gasteiger partial charge in [-0.15, -0.1) is 0 Å². The number of benzene rings is 2. The minimum atomic E-state index is -1.02. The van der Waals surface area contributed by atoms with Crippen LogP contribution in [0.3, 0.4) is 0 Å². The van der Waals surface area contributed by atoms with Crippen molar-refractivity contribution in [3.05, 3.63) is 53.6 Å². The first-order valence-corrected chi connectivity index (χ1v) is 9.16. The number of hydrogen-bond donors (Lipinski definition) is 3. The third-order valence-electron chi connectivity index (χ3n) is 4.25. The largest absolute Gasteiger partial charge is 0.490 e. The third kappa shape index (κ3) is 5.16. The quantitative estimate of drug-likeness (QED) is 0.571. The minimum absolute atomic E-state index is 0.360. The SMILES string of the molecule is CCOc1ccc(C(NC(=O)c2cccc(N)c2)C(C)C(=O)O)cc1OCC. The van der Waals surface area contributed by atoms with E-state index in [0.29, 0.717) is 41.5 Å². The molecule has 2 unspecified atom stereocenters. The Hall–Kier alpha value is -3.22. The number of nitrogens with two attached hydrogens (primary N) is 1. The number of anilines is 1. The van der Waals surface area contributed by atoms with E-state index in [9.17, 15) is 14.7 Å². The molecule has 0 aliphatic heterocycles. The summed E-state index contributed by atoms with van der Waals surface area (Å²) in [5.41, 5.74) is 7.16. The Bertz CT molecular complexity index is 837. The lowest BCUT2D eigenvalue weighted by Crippen LogP contribution is -2.35. The lowest BCUT2D eigenvalue weighted by molar-refractivity contribution is -0.142. The average Bonchev–Trinajstić information content (AvgIpc) is 2.67. The van der Waals surface area contributed by atoms with Crippen LogP contribution < -0.4 is 20.5 Å². The molecule has 0 heterocycles. The molecule has 2 rings (SSSR count). The number of nitrogens with one attached hydrogen (secondary N) is 1. The van der Waals surface area contributed by atoms with Crippen LogP contribution in [0.5, 0.6) is 11.5 Å². The Morgan fingerprint density at radius 2 is 1.75 bits per heavy atom. The molecule has 150 valence electrons. The molecule has 0 aliphatic rings. The highest BCUT2D eigenvalue weighted by Crippen LogP contribution is 2.33. The lowest BCUT2D eigenvalue weighted by Gasteiger charge is -2.24. The molecule has 0 saturated heterocycles. The number of carbonyl (C=O) groups is 2. The molecule has 4 N–H and O–H groups in total. The number of amides is 1. The number of aliphatic carboxylic acids is 1. The van der Waals surface area contributed by atoms with Crippen LogP contribution >= 0.6 is 0 Å². The summed E-state index contributed by atoms with van der Waals surface area (Å²) in [5, 5.41) is 12.3. The fourth-order valence-electron chi connectivity index (χ4n) is 2.81. The van der Waals surface area contributed by atoms with E-state index < -0.39 is 23.8 Å². The zero-order chi connectivity index (χ0) is 20.7. The Balaban J connectivity index is 2.39. The van der Waals surface area contributed by atoms with Gasteiger partial charge < -0.3 is 25.6 Å². The maximum atomic E-state index is 12.7. The molecule has 0 radical (unpaired) electrons. The standard InChI is InChI=1S/C21H26N2O5/c1-4-27-17-10-9-14(12-18(17)28-5-2)19(13(3)21(25)26)23-20(24)15-7-6-8-16(22)11-15/h6-13,19H,4-5,22H2,1-3H3,(H,23,24)(H,25,26). The van der Waals surface area contributed by atoms with Gasteiger partial charge in [0.2, 0.25) is 0 Å². The number of rotatable bonds is 9. The van der Waals surface area contributed by atoms with Crippen LogP contribution in [0.4, 0.5) is 5.69 Å². The highest BCUT2D eigenvalue weighted by molar-refractivity contribution is 5.95. The van der Waals surface area contributed by atoms with Crippen molar-refractivity contribution >= 4 is 17.6 Å². The highest BCUT2D eigenvalue weighted by atomic mass is 16.5. The molecule has 0 fully saturated rings. The second-order valence-corrected chi connectivity index (χ2v) is 6.28. The van der Waals surface area contributed by atoms with E-state index in [1.807, 2.05) is 13.8 Å². The summed E-state index contributed by atoms with van der Waals surface area (Å²) < 4.78 is 11.2. The first kappa shape index (κ1) is 21.1. The van der Waals surface area contributed by atoms with Crippen LogP contribution in [0.15, 0.2) is 42.5 Å². The Morgan fingerprint density at radius 1 is 1.07 bits per heavy atom. The normalized spacial score (nSPS) is 12.7. The maximum Gasteiger partial charge on any atom is 0.308 e. The molecule has 2 atom stereocenters. The minimum Gasteiger partial charge on any atom is -0.490 e. The number of carbonyl (C=O) groups excluding carboxylic acids is 1. The van der Waals surface area contributed by atoms with Crippen LogP contribution in [0.25, 0.3) is 0 Å². The molecule has 2 aromatic rings. The molecule has 7 nitrogen and oxygen atoms in total. The van der Waals surface area contributed by atoms with Crippen LogP contribution in [0.1, 0.15) is 42.7 Å². The van der Waals surface area contributed by atoms with E-state index in [-0.39, 0.29) is 0 Å². The van der Waals surface area contributed by atoms with Crippen LogP contribution in [0, 0.1) is 5.92 Å². The van der Waals surface area contributed by atoms with E-state index in [4.69, 9.17) is 15.2 Å². The molecule has 0 spiro atoms. The van der Waals surface area contributed by atoms with Gasteiger partial charge in [-0.25, -0.2) is 0 Å². The van der Waals surface area contributed by atoms with E-state index in [1.165, 1.54) is 0 Å². The van der Waals surface area contributed by atoms with Crippen LogP contribution in [-0.4, -0.2) is 30.2 Å². The number of ether oxygens (including phenoxy) is 2. The number of hydrogen-bond acceptors (Lipinski definition) is 5. The summed E-state index contributed by atoms with van der Waals surface area (Å²) >= 11 is 0. The topological polar surface area (TPSA) is 111 Å². The van der Waals surface area contributed by atoms with Crippen LogP contribution in [-0.2, 0) is 4.79 Å². The lowest BCUT2D eigenvalue weighted by atomic mass is 9.93. The van der Waals surface area contributed by atoms with E-state index >= 15 is 0 Å². The van der Waals surface area contributed by atoms with Crippen molar-refractivity contribution in [2.45, 2.75) is 26.8 Å². The van der Waals surface area contributed by atoms with Gasteiger partial charge in [0.05, 0.1) is 25.2 Å². The maximum absolute atomic E-state index is 12.7. The first-order valence-electron chi connectivity index (χ1n) is 9.16. The molecular weight excluding hydrogens is 360 g/mol. The first-order chi connectivity index (χ1) is 13.4. The molecular formula is C21H26N2O5. The average molecular weight is 386 g/mol. The van der Waals surface area contributed by atoms with E-state index in [0.717, 1.165) is 0 Å². The smallest absolute Gasteiger partial charge is 0.308 e. The van der Waals surface area contributed by atoms with E-state index in [1.54, 1.807) is 49.4 Å². The van der Waals surface area contributed by atoms with Crippen LogP contribution in [0.2, 0.25) is 0 Å². The Morgan fingerprint density at radius 3 is 2.36 bits per heavy atom. The summed E-state index contributed by atoms with van der Waals surface area (Å²) in [5.74, 6) is -1.22. The summed E-state index contributed by atoms with van der Waals surface area (Å²) in [7, 11) is 0. The predicted octanol–water partition coefficient (Wildman–Crippen LogP) is 3.26. The molecule has 0 bridgehead atoms. The second-order valence-electron chi connectivity index (χ2n) is 6.28. The molecule has 7 heteroatoms. The monoisotopic (exact) mass is 386 g/mol. The van der Waals surface area contributed by atoms with Crippen molar-refractivity contribution in [3.8, 4) is 11.5 Å². The number of nitrogen functional groups attached to an aromatic ring is 1. The van der Waals surface area contributed by atoms with Crippen molar-refractivity contribution in [2.75, 3.05) is 18.9 Å². The molecule has 1 amide bonds. The molecule has 0 aromatic heterocycles. The predicted molar refractivity (Wildman–Crippen MR) is 107 cm³/mol. The van der Waals surface area contributed by atoms with Crippen molar-refractivity contribution < 1.29 is 24.2 Å². The van der Waals surface area contributed by atoms with Crippen molar-refractivity contribution in [3.63, 3.8) is 0 Å². The van der Waals surface area contributed by atoms with Gasteiger partial charge in [-0.3, -0.25) is 9.59 Å². The highest BCUT2D eigenvalue weighted by Gasteiger charge is 2.28. The zero-order valence-corrected chi connectivity index (χ0v) is 16.3. The van der Waals surface area contributed by atoms with E-state index in [2.05, 4.69) is 5.32 Å². The van der Waals surface area contributed by atoms with Gasteiger partial charge in [0.25, 0.3) is 5.91 Å². The molecule has 0 saturated carbocycles. The van der Waals surface area contributed by atoms with Gasteiger partial charge in [-0.05, 0) is 56.7 Å². The van der Waals surface area contributed by atoms with Gasteiger partial charge in [-0.1, -0.05) is 12.1 Å². The van der Waals surface area contributed by atoms with Crippen molar-refractivity contribution in [2.24, 2.45) is 5.92 Å². The van der Waals surface area contributed by atoms with Crippen molar-refractivity contribution in [1.82, 2.24) is 5.32 Å². The second kappa shape index (κ2) is 9.64. The van der Waals surface area contributed by atoms with Gasteiger partial charge >= 0.3 is 5.97 Å². The number of carboxylic acid groups (broad SMARTS) is 1. The molecule has 28 heavy (non-hydrogen) atoms. The Kier molecular flexibility index (Phi) is 7.26. The number of carboxylic acids is 1. The molecule has 0 aliphatic carbocycles. The summed E-state index contributed by atoms with van der Waals surface area (Å²) in [4.78, 5) is 24.3. The van der Waals surface area contributed by atoms with Gasteiger partial charge in [0, 0.05) is 11.3 Å². The zero-order valence-electron chi connectivity index (χ0n) is 16.3. The fraction of sp³-hybridized carbons (Fsp3) is 0.333. The fourth-order valence-corrected chi connectivity index (χ4v) is 2.81. The van der Waals surface area contributed by atoms with Gasteiger partial charge in [-0.2, -0.15) is 0 Å².